The number of hydrogen-bond donors (Lipinski definition) is 1. The lowest BCUT2D eigenvalue weighted by atomic mass is 9.86. The van der Waals surface area contributed by atoms with Gasteiger partial charge in [-0.15, -0.1) is 0 Å². The van der Waals surface area contributed by atoms with E-state index in [1.165, 1.54) is 11.6 Å². The van der Waals surface area contributed by atoms with Crippen LogP contribution >= 0.6 is 0 Å². The Kier molecular flexibility index (Phi) is 4.48. The van der Waals surface area contributed by atoms with E-state index in [1.807, 2.05) is 18.2 Å². The highest BCUT2D eigenvalue weighted by molar-refractivity contribution is 5.38. The molecule has 0 heterocycles. The monoisotopic (exact) mass is 286 g/mol. The second-order valence-electron chi connectivity index (χ2n) is 6.33. The third kappa shape index (κ3) is 3.51. The summed E-state index contributed by atoms with van der Waals surface area (Å²) in [7, 11) is 0. The highest BCUT2D eigenvalue weighted by Gasteiger charge is 2.26. The molecule has 2 aromatic carbocycles. The summed E-state index contributed by atoms with van der Waals surface area (Å²) in [6.07, 6.45) is 0.964. The minimum Gasteiger partial charge on any atom is -0.381 e. The second-order valence-corrected chi connectivity index (χ2v) is 6.33. The molecule has 1 N–H and O–H groups in total. The average Bonchev–Trinajstić information content (AvgIpc) is 2.41. The molecule has 0 aliphatic heterocycles. The summed E-state index contributed by atoms with van der Waals surface area (Å²) in [6.45, 7) is 7.77. The van der Waals surface area contributed by atoms with Crippen molar-refractivity contribution in [3.63, 3.8) is 0 Å². The van der Waals surface area contributed by atoms with Gasteiger partial charge in [0.1, 0.15) is 11.4 Å². The number of rotatable bonds is 4. The zero-order valence-electron chi connectivity index (χ0n) is 13.2. The molecule has 0 aliphatic carbocycles. The molecule has 0 aliphatic rings. The van der Waals surface area contributed by atoms with Crippen molar-refractivity contribution in [3.8, 4) is 0 Å². The van der Waals surface area contributed by atoms with Crippen molar-refractivity contribution in [2.45, 2.75) is 39.7 Å². The van der Waals surface area contributed by atoms with E-state index in [0.717, 1.165) is 12.0 Å². The van der Waals surface area contributed by atoms with E-state index in [4.69, 9.17) is 0 Å². The van der Waals surface area contributed by atoms with Gasteiger partial charge >= 0.3 is 0 Å². The maximum atomic E-state index is 13.8. The molecule has 1 nitrogen and oxygen atoms in total. The number of aryl methyl sites for hydroxylation is 1. The predicted octanol–water partition coefficient (Wildman–Crippen LogP) is 4.59. The highest BCUT2D eigenvalue weighted by Crippen LogP contribution is 2.31. The zero-order chi connectivity index (χ0) is 15.6. The van der Waals surface area contributed by atoms with Crippen LogP contribution in [0.3, 0.4) is 0 Å². The lowest BCUT2D eigenvalue weighted by Crippen LogP contribution is -2.23. The van der Waals surface area contributed by atoms with Gasteiger partial charge in [-0.25, -0.2) is 4.39 Å². The van der Waals surface area contributed by atoms with Crippen molar-refractivity contribution in [1.82, 2.24) is 0 Å². The highest BCUT2D eigenvalue weighted by atomic mass is 19.1. The van der Waals surface area contributed by atoms with Gasteiger partial charge in [-0.3, -0.25) is 0 Å². The Morgan fingerprint density at radius 2 is 1.76 bits per heavy atom. The first kappa shape index (κ1) is 15.7. The van der Waals surface area contributed by atoms with Crippen LogP contribution in [-0.4, -0.2) is 5.11 Å². The van der Waals surface area contributed by atoms with Crippen LogP contribution in [0.5, 0.6) is 0 Å². The van der Waals surface area contributed by atoms with Gasteiger partial charge in [-0.2, -0.15) is 0 Å². The van der Waals surface area contributed by atoms with E-state index < -0.39 is 5.60 Å². The molecule has 1 atom stereocenters. The number of halogens is 1. The van der Waals surface area contributed by atoms with Gasteiger partial charge < -0.3 is 5.11 Å². The minimum atomic E-state index is -1.19. The Morgan fingerprint density at radius 1 is 1.10 bits per heavy atom. The Labute approximate surface area is 126 Å². The quantitative estimate of drug-likeness (QED) is 0.871. The minimum absolute atomic E-state index is 0.286. The largest absolute Gasteiger partial charge is 0.381 e. The van der Waals surface area contributed by atoms with Crippen LogP contribution in [0.2, 0.25) is 0 Å². The van der Waals surface area contributed by atoms with Crippen LogP contribution in [0.1, 0.15) is 43.0 Å². The fraction of sp³-hybridized carbons (Fsp3) is 0.368. The van der Waals surface area contributed by atoms with Crippen molar-refractivity contribution in [3.05, 3.63) is 70.5 Å². The van der Waals surface area contributed by atoms with Gasteiger partial charge in [-0.05, 0) is 54.5 Å². The molecule has 0 saturated carbocycles. The maximum absolute atomic E-state index is 13.8. The van der Waals surface area contributed by atoms with E-state index in [0.29, 0.717) is 17.0 Å². The number of aliphatic hydroxyl groups is 1. The first-order chi connectivity index (χ1) is 9.80. The second kappa shape index (κ2) is 5.98. The third-order valence-electron chi connectivity index (χ3n) is 3.87. The van der Waals surface area contributed by atoms with E-state index >= 15 is 0 Å². The van der Waals surface area contributed by atoms with Gasteiger partial charge in [0.15, 0.2) is 0 Å². The molecule has 0 bridgehead atoms. The van der Waals surface area contributed by atoms with Crippen molar-refractivity contribution >= 4 is 0 Å². The van der Waals surface area contributed by atoms with E-state index in [2.05, 4.69) is 19.9 Å². The molecule has 0 radical (unpaired) electrons. The number of benzene rings is 2. The summed E-state index contributed by atoms with van der Waals surface area (Å²) in [4.78, 5) is 0. The van der Waals surface area contributed by atoms with Crippen LogP contribution in [-0.2, 0) is 12.0 Å². The molecule has 21 heavy (non-hydrogen) atoms. The van der Waals surface area contributed by atoms with Crippen LogP contribution in [0, 0.1) is 18.7 Å². The molecule has 0 fully saturated rings. The van der Waals surface area contributed by atoms with Crippen molar-refractivity contribution < 1.29 is 9.50 Å². The van der Waals surface area contributed by atoms with Crippen LogP contribution < -0.4 is 0 Å². The van der Waals surface area contributed by atoms with E-state index in [-0.39, 0.29) is 5.82 Å². The van der Waals surface area contributed by atoms with Crippen LogP contribution in [0.4, 0.5) is 4.39 Å². The zero-order valence-corrected chi connectivity index (χ0v) is 13.2. The summed E-state index contributed by atoms with van der Waals surface area (Å²) >= 11 is 0. The van der Waals surface area contributed by atoms with Gasteiger partial charge in [0.05, 0.1) is 0 Å². The Bertz CT molecular complexity index is 629. The third-order valence-corrected chi connectivity index (χ3v) is 3.87. The molecule has 2 rings (SSSR count). The molecule has 1 unspecified atom stereocenters. The summed E-state index contributed by atoms with van der Waals surface area (Å²) in [5.74, 6) is 0.271. The topological polar surface area (TPSA) is 20.2 Å². The summed E-state index contributed by atoms with van der Waals surface area (Å²) in [5.41, 5.74) is 1.95. The Balaban J connectivity index is 2.40. The molecular weight excluding hydrogens is 263 g/mol. The molecule has 112 valence electrons. The molecule has 2 aromatic rings. The van der Waals surface area contributed by atoms with Gasteiger partial charge in [0, 0.05) is 0 Å². The van der Waals surface area contributed by atoms with Crippen molar-refractivity contribution in [2.75, 3.05) is 0 Å². The van der Waals surface area contributed by atoms with E-state index in [9.17, 15) is 9.50 Å². The fourth-order valence-corrected chi connectivity index (χ4v) is 2.53. The average molecular weight is 286 g/mol. The predicted molar refractivity (Wildman–Crippen MR) is 84.8 cm³/mol. The molecule has 0 spiro atoms. The molecule has 0 amide bonds. The first-order valence-electron chi connectivity index (χ1n) is 7.39. The smallest absolute Gasteiger partial charge is 0.126 e. The molecular formula is C19H23FO. The summed E-state index contributed by atoms with van der Waals surface area (Å²) in [5, 5.41) is 10.9. The number of hydrogen-bond acceptors (Lipinski definition) is 1. The normalized spacial score (nSPS) is 14.2. The Morgan fingerprint density at radius 3 is 2.38 bits per heavy atom. The lowest BCUT2D eigenvalue weighted by Gasteiger charge is -2.25. The van der Waals surface area contributed by atoms with Gasteiger partial charge in [0.25, 0.3) is 0 Å². The van der Waals surface area contributed by atoms with Crippen LogP contribution in [0.25, 0.3) is 0 Å². The van der Waals surface area contributed by atoms with Gasteiger partial charge in [0.2, 0.25) is 0 Å². The standard InChI is InChI=1S/C19H23FO/c1-13(2)10-15-6-5-7-16(11-15)19(4,21)17-9-8-14(3)18(20)12-17/h5-9,11-13,21H,10H2,1-4H3. The van der Waals surface area contributed by atoms with E-state index in [1.54, 1.807) is 26.0 Å². The molecule has 2 heteroatoms. The Hall–Kier alpha value is -1.67. The van der Waals surface area contributed by atoms with Crippen LogP contribution in [0.15, 0.2) is 42.5 Å². The lowest BCUT2D eigenvalue weighted by molar-refractivity contribution is 0.102. The summed E-state index contributed by atoms with van der Waals surface area (Å²) < 4.78 is 13.8. The SMILES string of the molecule is Cc1ccc(C(C)(O)c2cccc(CC(C)C)c2)cc1F. The molecule has 0 aromatic heterocycles. The van der Waals surface area contributed by atoms with Crippen molar-refractivity contribution in [1.29, 1.82) is 0 Å². The maximum Gasteiger partial charge on any atom is 0.126 e. The van der Waals surface area contributed by atoms with Gasteiger partial charge in [-0.1, -0.05) is 50.2 Å². The molecule has 0 saturated heterocycles. The van der Waals surface area contributed by atoms with Crippen molar-refractivity contribution in [2.24, 2.45) is 5.92 Å². The summed E-state index contributed by atoms with van der Waals surface area (Å²) in [6, 6.07) is 12.8. The fourth-order valence-electron chi connectivity index (χ4n) is 2.53. The first-order valence-corrected chi connectivity index (χ1v) is 7.39.